The summed E-state index contributed by atoms with van der Waals surface area (Å²) in [5.41, 5.74) is 2.13. The van der Waals surface area contributed by atoms with E-state index in [-0.39, 0.29) is 23.7 Å². The third kappa shape index (κ3) is 5.46. The van der Waals surface area contributed by atoms with Gasteiger partial charge in [0.1, 0.15) is 0 Å². The van der Waals surface area contributed by atoms with Crippen LogP contribution in [0.1, 0.15) is 38.8 Å². The second kappa shape index (κ2) is 7.95. The van der Waals surface area contributed by atoms with Crippen molar-refractivity contribution in [3.8, 4) is 0 Å². The molecule has 1 amide bonds. The molecular weight excluding hydrogens is 300 g/mol. The average Bonchev–Trinajstić information content (AvgIpc) is 2.50. The molecule has 0 radical (unpaired) electrons. The second-order valence-electron chi connectivity index (χ2n) is 7.44. The van der Waals surface area contributed by atoms with Crippen LogP contribution in [0, 0.1) is 6.92 Å². The Balaban J connectivity index is 1.88. The number of rotatable bonds is 5. The van der Waals surface area contributed by atoms with E-state index >= 15 is 0 Å². The highest BCUT2D eigenvalue weighted by Gasteiger charge is 2.33. The molecule has 0 bridgehead atoms. The van der Waals surface area contributed by atoms with Gasteiger partial charge in [-0.15, -0.1) is 0 Å². The third-order valence-corrected chi connectivity index (χ3v) is 4.44. The van der Waals surface area contributed by atoms with Gasteiger partial charge in [0, 0.05) is 31.2 Å². The van der Waals surface area contributed by atoms with Gasteiger partial charge in [-0.2, -0.15) is 0 Å². The maximum atomic E-state index is 12.1. The molecule has 132 valence electrons. The number of hydrogen-bond donors (Lipinski definition) is 1. The fraction of sp³-hybridized carbons (Fsp3) is 0.550. The molecule has 1 heterocycles. The van der Waals surface area contributed by atoms with Crippen LogP contribution in [-0.2, 0) is 9.53 Å². The van der Waals surface area contributed by atoms with Crippen molar-refractivity contribution in [2.75, 3.05) is 19.6 Å². The highest BCUT2D eigenvalue weighted by atomic mass is 16.5. The summed E-state index contributed by atoms with van der Waals surface area (Å²) in [5.74, 6) is -0.0565. The molecule has 2 atom stereocenters. The SMILES string of the molecule is Cc1cccc(/C=C/C(=O)NCC(C)(C)N2C[C@@H](C)O[C@@H](C)C2)c1. The zero-order chi connectivity index (χ0) is 17.7. The minimum atomic E-state index is -0.0981. The Kier molecular flexibility index (Phi) is 6.19. The Morgan fingerprint density at radius 1 is 1.33 bits per heavy atom. The van der Waals surface area contributed by atoms with Gasteiger partial charge in [0.2, 0.25) is 5.91 Å². The van der Waals surface area contributed by atoms with Crippen molar-refractivity contribution in [3.63, 3.8) is 0 Å². The van der Waals surface area contributed by atoms with Crippen LogP contribution in [0.5, 0.6) is 0 Å². The fourth-order valence-corrected chi connectivity index (χ4v) is 3.09. The molecule has 2 rings (SSSR count). The van der Waals surface area contributed by atoms with Gasteiger partial charge in [0.05, 0.1) is 12.2 Å². The molecule has 0 aliphatic carbocycles. The molecule has 0 aromatic heterocycles. The van der Waals surface area contributed by atoms with E-state index in [0.29, 0.717) is 6.54 Å². The number of carbonyl (C=O) groups excluding carboxylic acids is 1. The van der Waals surface area contributed by atoms with Crippen LogP contribution in [0.3, 0.4) is 0 Å². The number of benzene rings is 1. The van der Waals surface area contributed by atoms with Gasteiger partial charge in [-0.25, -0.2) is 0 Å². The van der Waals surface area contributed by atoms with E-state index in [1.165, 1.54) is 5.56 Å². The van der Waals surface area contributed by atoms with E-state index in [9.17, 15) is 4.79 Å². The van der Waals surface area contributed by atoms with Crippen LogP contribution in [0.25, 0.3) is 6.08 Å². The first kappa shape index (κ1) is 18.7. The lowest BCUT2D eigenvalue weighted by Gasteiger charge is -2.45. The highest BCUT2D eigenvalue weighted by molar-refractivity contribution is 5.91. The number of hydrogen-bond acceptors (Lipinski definition) is 3. The molecular formula is C20H30N2O2. The van der Waals surface area contributed by atoms with Crippen molar-refractivity contribution in [2.24, 2.45) is 0 Å². The molecule has 1 aromatic carbocycles. The zero-order valence-electron chi connectivity index (χ0n) is 15.5. The van der Waals surface area contributed by atoms with E-state index in [2.05, 4.69) is 44.0 Å². The van der Waals surface area contributed by atoms with Gasteiger partial charge in [-0.3, -0.25) is 9.69 Å². The molecule has 0 spiro atoms. The van der Waals surface area contributed by atoms with Crippen LogP contribution in [-0.4, -0.2) is 48.2 Å². The first-order chi connectivity index (χ1) is 11.3. The number of nitrogens with zero attached hydrogens (tertiary/aromatic N) is 1. The minimum Gasteiger partial charge on any atom is -0.373 e. The predicted octanol–water partition coefficient (Wildman–Crippen LogP) is 3.01. The number of nitrogens with one attached hydrogen (secondary N) is 1. The molecule has 1 aliphatic heterocycles. The molecule has 1 fully saturated rings. The molecule has 24 heavy (non-hydrogen) atoms. The summed E-state index contributed by atoms with van der Waals surface area (Å²) >= 11 is 0. The maximum Gasteiger partial charge on any atom is 0.244 e. The summed E-state index contributed by atoms with van der Waals surface area (Å²) in [5, 5.41) is 3.03. The molecule has 0 saturated carbocycles. The summed E-state index contributed by atoms with van der Waals surface area (Å²) in [6.45, 7) is 13.0. The van der Waals surface area contributed by atoms with Gasteiger partial charge in [-0.05, 0) is 46.3 Å². The minimum absolute atomic E-state index is 0.0565. The van der Waals surface area contributed by atoms with Crippen molar-refractivity contribution >= 4 is 12.0 Å². The summed E-state index contributed by atoms with van der Waals surface area (Å²) in [7, 11) is 0. The maximum absolute atomic E-state index is 12.1. The van der Waals surface area contributed by atoms with Crippen molar-refractivity contribution in [1.82, 2.24) is 10.2 Å². The zero-order valence-corrected chi connectivity index (χ0v) is 15.5. The monoisotopic (exact) mass is 330 g/mol. The summed E-state index contributed by atoms with van der Waals surface area (Å²) < 4.78 is 5.79. The summed E-state index contributed by atoms with van der Waals surface area (Å²) in [6, 6.07) is 8.10. The number of carbonyl (C=O) groups is 1. The van der Waals surface area contributed by atoms with Crippen LogP contribution in [0.4, 0.5) is 0 Å². The number of ether oxygens (including phenoxy) is 1. The predicted molar refractivity (Wildman–Crippen MR) is 98.9 cm³/mol. The van der Waals surface area contributed by atoms with Crippen molar-refractivity contribution in [2.45, 2.75) is 52.4 Å². The highest BCUT2D eigenvalue weighted by Crippen LogP contribution is 2.20. The summed E-state index contributed by atoms with van der Waals surface area (Å²) in [6.07, 6.45) is 3.92. The molecule has 1 saturated heterocycles. The molecule has 1 aromatic rings. The van der Waals surface area contributed by atoms with Crippen LogP contribution >= 0.6 is 0 Å². The second-order valence-corrected chi connectivity index (χ2v) is 7.44. The smallest absolute Gasteiger partial charge is 0.244 e. The first-order valence-corrected chi connectivity index (χ1v) is 8.69. The normalized spacial score (nSPS) is 22.7. The fourth-order valence-electron chi connectivity index (χ4n) is 3.09. The lowest BCUT2D eigenvalue weighted by molar-refractivity contribution is -0.118. The average molecular weight is 330 g/mol. The third-order valence-electron chi connectivity index (χ3n) is 4.44. The Bertz CT molecular complexity index is 585. The van der Waals surface area contributed by atoms with Crippen LogP contribution in [0.15, 0.2) is 30.3 Å². The quantitative estimate of drug-likeness (QED) is 0.844. The first-order valence-electron chi connectivity index (χ1n) is 8.69. The Labute approximate surface area is 145 Å². The van der Waals surface area contributed by atoms with E-state index < -0.39 is 0 Å². The molecule has 1 N–H and O–H groups in total. The topological polar surface area (TPSA) is 41.6 Å². The van der Waals surface area contributed by atoms with Gasteiger partial charge >= 0.3 is 0 Å². The summed E-state index contributed by atoms with van der Waals surface area (Å²) in [4.78, 5) is 14.5. The number of amides is 1. The van der Waals surface area contributed by atoms with Gasteiger partial charge < -0.3 is 10.1 Å². The van der Waals surface area contributed by atoms with Crippen molar-refractivity contribution < 1.29 is 9.53 Å². The van der Waals surface area contributed by atoms with Crippen molar-refractivity contribution in [3.05, 3.63) is 41.5 Å². The van der Waals surface area contributed by atoms with E-state index in [4.69, 9.17) is 4.74 Å². The number of morpholine rings is 1. The van der Waals surface area contributed by atoms with Gasteiger partial charge in [0.15, 0.2) is 0 Å². The van der Waals surface area contributed by atoms with Crippen LogP contribution in [0.2, 0.25) is 0 Å². The molecule has 4 nitrogen and oxygen atoms in total. The molecule has 1 aliphatic rings. The Morgan fingerprint density at radius 3 is 2.62 bits per heavy atom. The Morgan fingerprint density at radius 2 is 2.00 bits per heavy atom. The lowest BCUT2D eigenvalue weighted by atomic mass is 10.00. The largest absolute Gasteiger partial charge is 0.373 e. The standard InChI is InChI=1S/C20H30N2O2/c1-15-7-6-8-18(11-15)9-10-19(23)21-14-20(4,5)22-12-16(2)24-17(3)13-22/h6-11,16-17H,12-14H2,1-5H3,(H,21,23)/b10-9+/t16-,17+. The van der Waals surface area contributed by atoms with Gasteiger partial charge in [-0.1, -0.05) is 29.8 Å². The van der Waals surface area contributed by atoms with Crippen molar-refractivity contribution in [1.29, 1.82) is 0 Å². The Hall–Kier alpha value is -1.65. The van der Waals surface area contributed by atoms with Gasteiger partial charge in [0.25, 0.3) is 0 Å². The van der Waals surface area contributed by atoms with E-state index in [0.717, 1.165) is 18.7 Å². The molecule has 0 unspecified atom stereocenters. The van der Waals surface area contributed by atoms with E-state index in [1.54, 1.807) is 6.08 Å². The number of aryl methyl sites for hydroxylation is 1. The molecule has 4 heteroatoms. The lowest BCUT2D eigenvalue weighted by Crippen LogP contribution is -2.58. The van der Waals surface area contributed by atoms with Crippen LogP contribution < -0.4 is 5.32 Å². The van der Waals surface area contributed by atoms with E-state index in [1.807, 2.05) is 31.2 Å².